The van der Waals surface area contributed by atoms with Gasteiger partial charge in [0, 0.05) is 31.4 Å². The molecule has 0 unspecified atom stereocenters. The van der Waals surface area contributed by atoms with Crippen LogP contribution in [0, 0.1) is 0 Å². The Morgan fingerprint density at radius 3 is 2.83 bits per heavy atom. The van der Waals surface area contributed by atoms with E-state index in [0.717, 1.165) is 17.2 Å². The maximum atomic E-state index is 4.39. The highest BCUT2D eigenvalue weighted by Gasteiger charge is 2.03. The van der Waals surface area contributed by atoms with E-state index < -0.39 is 0 Å². The Balaban J connectivity index is 1.99. The Bertz CT molecular complexity index is 509. The highest BCUT2D eigenvalue weighted by molar-refractivity contribution is 7.11. The molecule has 0 atom stereocenters. The molecule has 2 heterocycles. The van der Waals surface area contributed by atoms with Gasteiger partial charge in [-0.25, -0.2) is 9.97 Å². The van der Waals surface area contributed by atoms with Crippen molar-refractivity contribution in [1.82, 2.24) is 15.0 Å². The number of aromatic nitrogens is 3. The standard InChI is InChI=1S/C12H17N5S/c1-4-9-7-15-11(18-9)8-14-10-5-6-13-12(16-10)17(2)3/h5-7H,4,8H2,1-3H3,(H,13,14,16). The maximum Gasteiger partial charge on any atom is 0.226 e. The van der Waals surface area contributed by atoms with Crippen molar-refractivity contribution < 1.29 is 0 Å². The lowest BCUT2D eigenvalue weighted by atomic mass is 10.4. The van der Waals surface area contributed by atoms with Crippen molar-refractivity contribution in [2.45, 2.75) is 19.9 Å². The molecule has 5 nitrogen and oxygen atoms in total. The monoisotopic (exact) mass is 263 g/mol. The number of hydrogen-bond donors (Lipinski definition) is 1. The van der Waals surface area contributed by atoms with Gasteiger partial charge in [0.25, 0.3) is 0 Å². The molecular formula is C12H17N5S. The lowest BCUT2D eigenvalue weighted by Gasteiger charge is -2.11. The van der Waals surface area contributed by atoms with E-state index >= 15 is 0 Å². The second-order valence-corrected chi connectivity index (χ2v) is 5.26. The van der Waals surface area contributed by atoms with Crippen molar-refractivity contribution in [1.29, 1.82) is 0 Å². The number of nitrogens with one attached hydrogen (secondary N) is 1. The van der Waals surface area contributed by atoms with E-state index in [2.05, 4.69) is 27.2 Å². The molecule has 0 aromatic carbocycles. The normalized spacial score (nSPS) is 10.4. The van der Waals surface area contributed by atoms with Gasteiger partial charge in [0.2, 0.25) is 5.95 Å². The summed E-state index contributed by atoms with van der Waals surface area (Å²) in [6, 6.07) is 1.86. The summed E-state index contributed by atoms with van der Waals surface area (Å²) in [5, 5.41) is 4.34. The van der Waals surface area contributed by atoms with Crippen molar-refractivity contribution in [2.75, 3.05) is 24.3 Å². The Kier molecular flexibility index (Phi) is 4.09. The quantitative estimate of drug-likeness (QED) is 0.896. The fourth-order valence-corrected chi connectivity index (χ4v) is 2.22. The molecule has 2 rings (SSSR count). The molecular weight excluding hydrogens is 246 g/mol. The van der Waals surface area contributed by atoms with Crippen molar-refractivity contribution in [3.05, 3.63) is 28.3 Å². The fraction of sp³-hybridized carbons (Fsp3) is 0.417. The first-order valence-corrected chi connectivity index (χ1v) is 6.68. The summed E-state index contributed by atoms with van der Waals surface area (Å²) in [5.74, 6) is 1.52. The molecule has 96 valence electrons. The minimum Gasteiger partial charge on any atom is -0.363 e. The topological polar surface area (TPSA) is 53.9 Å². The van der Waals surface area contributed by atoms with Crippen molar-refractivity contribution in [2.24, 2.45) is 0 Å². The third-order valence-corrected chi connectivity index (χ3v) is 3.56. The molecule has 0 saturated carbocycles. The van der Waals surface area contributed by atoms with Gasteiger partial charge in [-0.1, -0.05) is 6.92 Å². The number of hydrogen-bond acceptors (Lipinski definition) is 6. The molecule has 0 bridgehead atoms. The summed E-state index contributed by atoms with van der Waals surface area (Å²) in [4.78, 5) is 16.1. The largest absolute Gasteiger partial charge is 0.363 e. The van der Waals surface area contributed by atoms with E-state index in [1.54, 1.807) is 17.5 Å². The smallest absolute Gasteiger partial charge is 0.226 e. The summed E-state index contributed by atoms with van der Waals surface area (Å²) in [6.45, 7) is 2.84. The van der Waals surface area contributed by atoms with E-state index in [9.17, 15) is 0 Å². The molecule has 2 aromatic rings. The lowest BCUT2D eigenvalue weighted by molar-refractivity contribution is 0.984. The number of nitrogens with zero attached hydrogens (tertiary/aromatic N) is 4. The minimum absolute atomic E-state index is 0.702. The van der Waals surface area contributed by atoms with Gasteiger partial charge in [-0.2, -0.15) is 4.98 Å². The van der Waals surface area contributed by atoms with Crippen LogP contribution in [0.5, 0.6) is 0 Å². The van der Waals surface area contributed by atoms with Crippen LogP contribution in [0.4, 0.5) is 11.8 Å². The molecule has 0 radical (unpaired) electrons. The number of thiazole rings is 1. The highest BCUT2D eigenvalue weighted by atomic mass is 32.1. The predicted molar refractivity (Wildman–Crippen MR) is 75.2 cm³/mol. The van der Waals surface area contributed by atoms with Gasteiger partial charge in [-0.05, 0) is 12.5 Å². The maximum absolute atomic E-state index is 4.39. The summed E-state index contributed by atoms with van der Waals surface area (Å²) < 4.78 is 0. The zero-order valence-electron chi connectivity index (χ0n) is 10.8. The number of anilines is 2. The van der Waals surface area contributed by atoms with Crippen LogP contribution >= 0.6 is 11.3 Å². The summed E-state index contributed by atoms with van der Waals surface area (Å²) in [6.07, 6.45) is 4.73. The molecule has 18 heavy (non-hydrogen) atoms. The third-order valence-electron chi connectivity index (χ3n) is 2.41. The van der Waals surface area contributed by atoms with Crippen LogP contribution in [0.3, 0.4) is 0 Å². The summed E-state index contributed by atoms with van der Waals surface area (Å²) in [7, 11) is 3.85. The van der Waals surface area contributed by atoms with Crippen molar-refractivity contribution >= 4 is 23.1 Å². The molecule has 0 fully saturated rings. The SMILES string of the molecule is CCc1cnc(CNc2ccnc(N(C)C)n2)s1. The zero-order chi connectivity index (χ0) is 13.0. The van der Waals surface area contributed by atoms with Crippen LogP contribution < -0.4 is 10.2 Å². The second kappa shape index (κ2) is 5.77. The van der Waals surface area contributed by atoms with Crippen LogP contribution in [0.2, 0.25) is 0 Å². The van der Waals surface area contributed by atoms with Crippen molar-refractivity contribution in [3.8, 4) is 0 Å². The molecule has 0 amide bonds. The van der Waals surface area contributed by atoms with Gasteiger partial charge >= 0.3 is 0 Å². The average molecular weight is 263 g/mol. The number of rotatable bonds is 5. The fourth-order valence-electron chi connectivity index (χ4n) is 1.42. The first-order valence-electron chi connectivity index (χ1n) is 5.87. The highest BCUT2D eigenvalue weighted by Crippen LogP contribution is 2.15. The lowest BCUT2D eigenvalue weighted by Crippen LogP contribution is -2.13. The first kappa shape index (κ1) is 12.8. The Labute approximate surface area is 111 Å². The summed E-state index contributed by atoms with van der Waals surface area (Å²) >= 11 is 1.74. The molecule has 0 aliphatic rings. The second-order valence-electron chi connectivity index (χ2n) is 4.06. The third kappa shape index (κ3) is 3.16. The van der Waals surface area contributed by atoms with Crippen LogP contribution in [-0.4, -0.2) is 29.0 Å². The van der Waals surface area contributed by atoms with Gasteiger partial charge < -0.3 is 10.2 Å². The van der Waals surface area contributed by atoms with Gasteiger partial charge in [-0.3, -0.25) is 0 Å². The minimum atomic E-state index is 0.702. The van der Waals surface area contributed by atoms with Crippen LogP contribution in [0.15, 0.2) is 18.5 Å². The number of aryl methyl sites for hydroxylation is 1. The van der Waals surface area contributed by atoms with Crippen LogP contribution in [0.1, 0.15) is 16.8 Å². The Morgan fingerprint density at radius 2 is 2.17 bits per heavy atom. The van der Waals surface area contributed by atoms with Gasteiger partial charge in [-0.15, -0.1) is 11.3 Å². The van der Waals surface area contributed by atoms with Gasteiger partial charge in [0.05, 0.1) is 6.54 Å². The molecule has 0 aliphatic heterocycles. The zero-order valence-corrected chi connectivity index (χ0v) is 11.7. The van der Waals surface area contributed by atoms with E-state index in [1.165, 1.54) is 4.88 Å². The van der Waals surface area contributed by atoms with Crippen molar-refractivity contribution in [3.63, 3.8) is 0 Å². The van der Waals surface area contributed by atoms with E-state index in [1.807, 2.05) is 31.3 Å². The molecule has 0 spiro atoms. The van der Waals surface area contributed by atoms with E-state index in [-0.39, 0.29) is 0 Å². The predicted octanol–water partition coefficient (Wildman–Crippen LogP) is 2.17. The molecule has 2 aromatic heterocycles. The Morgan fingerprint density at radius 1 is 1.33 bits per heavy atom. The van der Waals surface area contributed by atoms with Crippen LogP contribution in [-0.2, 0) is 13.0 Å². The summed E-state index contributed by atoms with van der Waals surface area (Å²) in [5.41, 5.74) is 0. The van der Waals surface area contributed by atoms with E-state index in [4.69, 9.17) is 0 Å². The molecule has 6 heteroatoms. The first-order chi connectivity index (χ1) is 8.69. The molecule has 1 N–H and O–H groups in total. The van der Waals surface area contributed by atoms with E-state index in [0.29, 0.717) is 12.5 Å². The van der Waals surface area contributed by atoms with Crippen LogP contribution in [0.25, 0.3) is 0 Å². The average Bonchev–Trinajstić information content (AvgIpc) is 2.84. The van der Waals surface area contributed by atoms with Gasteiger partial charge in [0.15, 0.2) is 0 Å². The van der Waals surface area contributed by atoms with Gasteiger partial charge in [0.1, 0.15) is 10.8 Å². The Hall–Kier alpha value is -1.69. The molecule has 0 saturated heterocycles. The molecule has 0 aliphatic carbocycles.